The van der Waals surface area contributed by atoms with Crippen LogP contribution in [-0.2, 0) is 11.3 Å². The van der Waals surface area contributed by atoms with Gasteiger partial charge < -0.3 is 15.5 Å². The van der Waals surface area contributed by atoms with Crippen LogP contribution in [0.5, 0.6) is 0 Å². The van der Waals surface area contributed by atoms with Crippen LogP contribution in [0.25, 0.3) is 0 Å². The van der Waals surface area contributed by atoms with Crippen LogP contribution in [0.15, 0.2) is 36.5 Å². The van der Waals surface area contributed by atoms with Crippen LogP contribution in [0.3, 0.4) is 0 Å². The van der Waals surface area contributed by atoms with Crippen LogP contribution in [-0.4, -0.2) is 52.0 Å². The second kappa shape index (κ2) is 5.82. The second-order valence-electron chi connectivity index (χ2n) is 5.04. The zero-order valence-electron chi connectivity index (χ0n) is 11.7. The molecule has 2 aromatic rings. The summed E-state index contributed by atoms with van der Waals surface area (Å²) in [6, 6.07) is 10.3. The van der Waals surface area contributed by atoms with Gasteiger partial charge in [-0.3, -0.25) is 4.79 Å². The summed E-state index contributed by atoms with van der Waals surface area (Å²) < 4.78 is 1.47. The van der Waals surface area contributed by atoms with E-state index in [9.17, 15) is 4.79 Å². The molecule has 7 heteroatoms. The Bertz CT molecular complexity index is 603. The van der Waals surface area contributed by atoms with Crippen molar-refractivity contribution >= 4 is 17.4 Å². The minimum atomic E-state index is 0.0487. The summed E-state index contributed by atoms with van der Waals surface area (Å²) in [4.78, 5) is 16.3. The Morgan fingerprint density at radius 2 is 1.86 bits per heavy atom. The zero-order chi connectivity index (χ0) is 14.7. The van der Waals surface area contributed by atoms with E-state index in [-0.39, 0.29) is 12.5 Å². The second-order valence-corrected chi connectivity index (χ2v) is 5.04. The molecule has 0 atom stereocenters. The Balaban J connectivity index is 1.54. The van der Waals surface area contributed by atoms with Gasteiger partial charge in [-0.25, -0.2) is 4.68 Å². The maximum atomic E-state index is 12.2. The third kappa shape index (κ3) is 3.13. The molecule has 110 valence electrons. The Hall–Kier alpha value is -2.57. The number of para-hydroxylation sites is 1. The highest BCUT2D eigenvalue weighted by atomic mass is 16.2. The Morgan fingerprint density at radius 1 is 1.14 bits per heavy atom. The van der Waals surface area contributed by atoms with Crippen LogP contribution in [0, 0.1) is 0 Å². The number of piperazine rings is 1. The number of rotatable bonds is 3. The van der Waals surface area contributed by atoms with Crippen molar-refractivity contribution in [2.45, 2.75) is 6.54 Å². The molecular formula is C14H18N6O. The number of benzene rings is 1. The molecule has 0 radical (unpaired) electrons. The van der Waals surface area contributed by atoms with Gasteiger partial charge in [0.25, 0.3) is 0 Å². The van der Waals surface area contributed by atoms with Crippen molar-refractivity contribution in [2.75, 3.05) is 36.8 Å². The first-order valence-electron chi connectivity index (χ1n) is 6.96. The highest BCUT2D eigenvalue weighted by molar-refractivity contribution is 5.76. The maximum absolute atomic E-state index is 12.2. The summed E-state index contributed by atoms with van der Waals surface area (Å²) in [5, 5.41) is 7.48. The van der Waals surface area contributed by atoms with Crippen LogP contribution >= 0.6 is 0 Å². The van der Waals surface area contributed by atoms with Gasteiger partial charge in [0, 0.05) is 31.9 Å². The van der Waals surface area contributed by atoms with Crippen molar-refractivity contribution in [1.82, 2.24) is 19.9 Å². The van der Waals surface area contributed by atoms with E-state index in [0.29, 0.717) is 5.82 Å². The summed E-state index contributed by atoms with van der Waals surface area (Å²) in [6.07, 6.45) is 1.57. The third-order valence-corrected chi connectivity index (χ3v) is 3.61. The molecule has 0 bridgehead atoms. The molecule has 0 saturated carbocycles. The van der Waals surface area contributed by atoms with Crippen molar-refractivity contribution in [3.63, 3.8) is 0 Å². The highest BCUT2D eigenvalue weighted by Gasteiger charge is 2.21. The molecule has 2 heterocycles. The lowest BCUT2D eigenvalue weighted by molar-refractivity contribution is -0.132. The monoisotopic (exact) mass is 286 g/mol. The number of hydrogen-bond donors (Lipinski definition) is 1. The van der Waals surface area contributed by atoms with E-state index in [0.717, 1.165) is 26.2 Å². The van der Waals surface area contributed by atoms with E-state index in [1.54, 1.807) is 6.20 Å². The first kappa shape index (κ1) is 13.4. The lowest BCUT2D eigenvalue weighted by Crippen LogP contribution is -2.49. The number of nitrogens with two attached hydrogens (primary N) is 1. The summed E-state index contributed by atoms with van der Waals surface area (Å²) in [6.45, 7) is 3.32. The molecule has 3 rings (SSSR count). The zero-order valence-corrected chi connectivity index (χ0v) is 11.7. The quantitative estimate of drug-likeness (QED) is 0.872. The fourth-order valence-electron chi connectivity index (χ4n) is 2.48. The van der Waals surface area contributed by atoms with Crippen LogP contribution in [0.1, 0.15) is 0 Å². The number of amides is 1. The van der Waals surface area contributed by atoms with Crippen molar-refractivity contribution in [3.8, 4) is 0 Å². The molecule has 1 aliphatic heterocycles. The number of nitrogen functional groups attached to an aromatic ring is 1. The normalized spacial score (nSPS) is 15.2. The van der Waals surface area contributed by atoms with E-state index in [1.165, 1.54) is 10.4 Å². The summed E-state index contributed by atoms with van der Waals surface area (Å²) in [5.41, 5.74) is 6.69. The Kier molecular flexibility index (Phi) is 3.72. The topological polar surface area (TPSA) is 80.3 Å². The van der Waals surface area contributed by atoms with Crippen LogP contribution in [0.4, 0.5) is 11.5 Å². The molecule has 0 unspecified atom stereocenters. The molecule has 1 aliphatic rings. The molecule has 1 amide bonds. The molecule has 1 aromatic heterocycles. The third-order valence-electron chi connectivity index (χ3n) is 3.61. The van der Waals surface area contributed by atoms with Gasteiger partial charge in [0.2, 0.25) is 5.91 Å². The standard InChI is InChI=1S/C14H18N6O/c15-13-10-20(17-16-13)11-14(21)19-8-6-18(7-9-19)12-4-2-1-3-5-12/h1-5,10H,6-9,11,15H2. The van der Waals surface area contributed by atoms with Crippen LogP contribution in [0.2, 0.25) is 0 Å². The fraction of sp³-hybridized carbons (Fsp3) is 0.357. The number of anilines is 2. The van der Waals surface area contributed by atoms with Crippen molar-refractivity contribution in [2.24, 2.45) is 0 Å². The summed E-state index contributed by atoms with van der Waals surface area (Å²) >= 11 is 0. The smallest absolute Gasteiger partial charge is 0.244 e. The maximum Gasteiger partial charge on any atom is 0.244 e. The van der Waals surface area contributed by atoms with E-state index in [4.69, 9.17) is 5.73 Å². The van der Waals surface area contributed by atoms with Gasteiger partial charge in [0.05, 0.1) is 6.20 Å². The largest absolute Gasteiger partial charge is 0.381 e. The lowest BCUT2D eigenvalue weighted by atomic mass is 10.2. The predicted octanol–water partition coefficient (Wildman–Crippen LogP) is 0.209. The Morgan fingerprint density at radius 3 is 2.48 bits per heavy atom. The van der Waals surface area contributed by atoms with Crippen molar-refractivity contribution < 1.29 is 4.79 Å². The number of aromatic nitrogens is 3. The highest BCUT2D eigenvalue weighted by Crippen LogP contribution is 2.15. The molecule has 0 spiro atoms. The average Bonchev–Trinajstić information content (AvgIpc) is 2.93. The molecule has 1 aromatic carbocycles. The van der Waals surface area contributed by atoms with Gasteiger partial charge in [-0.05, 0) is 12.1 Å². The minimum absolute atomic E-state index is 0.0487. The van der Waals surface area contributed by atoms with Crippen LogP contribution < -0.4 is 10.6 Å². The SMILES string of the molecule is Nc1cn(CC(=O)N2CCN(c3ccccc3)CC2)nn1. The molecule has 0 aliphatic carbocycles. The minimum Gasteiger partial charge on any atom is -0.381 e. The van der Waals surface area contributed by atoms with Crippen molar-refractivity contribution in [1.29, 1.82) is 0 Å². The van der Waals surface area contributed by atoms with E-state index < -0.39 is 0 Å². The fourth-order valence-corrected chi connectivity index (χ4v) is 2.48. The van der Waals surface area contributed by atoms with E-state index in [2.05, 4.69) is 27.3 Å². The molecule has 1 fully saturated rings. The lowest BCUT2D eigenvalue weighted by Gasteiger charge is -2.36. The van der Waals surface area contributed by atoms with Gasteiger partial charge in [-0.15, -0.1) is 5.10 Å². The average molecular weight is 286 g/mol. The molecule has 21 heavy (non-hydrogen) atoms. The molecule has 1 saturated heterocycles. The van der Waals surface area contributed by atoms with E-state index in [1.807, 2.05) is 23.1 Å². The Labute approximate surface area is 122 Å². The first-order chi connectivity index (χ1) is 10.2. The number of carbonyl (C=O) groups is 1. The van der Waals surface area contributed by atoms with Gasteiger partial charge in [-0.2, -0.15) is 0 Å². The molecular weight excluding hydrogens is 268 g/mol. The number of hydrogen-bond acceptors (Lipinski definition) is 5. The summed E-state index contributed by atoms with van der Waals surface area (Å²) in [5.74, 6) is 0.379. The molecule has 2 N–H and O–H groups in total. The molecule has 7 nitrogen and oxygen atoms in total. The van der Waals surface area contributed by atoms with Gasteiger partial charge in [0.15, 0.2) is 5.82 Å². The van der Waals surface area contributed by atoms with E-state index >= 15 is 0 Å². The van der Waals surface area contributed by atoms with Gasteiger partial charge in [0.1, 0.15) is 6.54 Å². The van der Waals surface area contributed by atoms with Gasteiger partial charge >= 0.3 is 0 Å². The van der Waals surface area contributed by atoms with Gasteiger partial charge in [-0.1, -0.05) is 23.4 Å². The number of nitrogens with zero attached hydrogens (tertiary/aromatic N) is 5. The van der Waals surface area contributed by atoms with Crippen molar-refractivity contribution in [3.05, 3.63) is 36.5 Å². The first-order valence-corrected chi connectivity index (χ1v) is 6.96. The number of carbonyl (C=O) groups excluding carboxylic acids is 1. The predicted molar refractivity (Wildman–Crippen MR) is 79.7 cm³/mol. The summed E-state index contributed by atoms with van der Waals surface area (Å²) in [7, 11) is 0.